The summed E-state index contributed by atoms with van der Waals surface area (Å²) in [4.78, 5) is 0. The first-order valence-electron chi connectivity index (χ1n) is 6.36. The molecule has 1 aliphatic heterocycles. The Bertz CT molecular complexity index is 380. The third-order valence-corrected chi connectivity index (χ3v) is 4.40. The van der Waals surface area contributed by atoms with Gasteiger partial charge in [-0.2, -0.15) is 0 Å². The third kappa shape index (κ3) is 3.52. The van der Waals surface area contributed by atoms with E-state index in [-0.39, 0.29) is 5.82 Å². The Balaban J connectivity index is 2.00. The SMILES string of the molecule is CCC1CCNC(Cc2ccc(F)cc2Br)C1. The smallest absolute Gasteiger partial charge is 0.124 e. The van der Waals surface area contributed by atoms with Crippen molar-refractivity contribution in [2.75, 3.05) is 6.54 Å². The quantitative estimate of drug-likeness (QED) is 0.892. The van der Waals surface area contributed by atoms with Crippen molar-refractivity contribution in [3.8, 4) is 0 Å². The van der Waals surface area contributed by atoms with E-state index in [1.54, 1.807) is 12.1 Å². The van der Waals surface area contributed by atoms with Crippen LogP contribution in [-0.4, -0.2) is 12.6 Å². The van der Waals surface area contributed by atoms with Gasteiger partial charge in [-0.1, -0.05) is 35.3 Å². The normalized spacial score (nSPS) is 24.9. The zero-order chi connectivity index (χ0) is 12.3. The van der Waals surface area contributed by atoms with Gasteiger partial charge in [0.25, 0.3) is 0 Å². The Kier molecular flexibility index (Phi) is 4.57. The van der Waals surface area contributed by atoms with Crippen molar-refractivity contribution >= 4 is 15.9 Å². The molecular formula is C14H19BrFN. The number of halogens is 2. The van der Waals surface area contributed by atoms with Crippen molar-refractivity contribution < 1.29 is 4.39 Å². The van der Waals surface area contributed by atoms with E-state index in [0.717, 1.165) is 23.4 Å². The Morgan fingerprint density at radius 2 is 2.29 bits per heavy atom. The second-order valence-electron chi connectivity index (χ2n) is 4.89. The fraction of sp³-hybridized carbons (Fsp3) is 0.571. The molecular weight excluding hydrogens is 281 g/mol. The summed E-state index contributed by atoms with van der Waals surface area (Å²) in [5.41, 5.74) is 1.20. The molecule has 0 saturated carbocycles. The largest absolute Gasteiger partial charge is 0.314 e. The van der Waals surface area contributed by atoms with Crippen LogP contribution in [-0.2, 0) is 6.42 Å². The van der Waals surface area contributed by atoms with Gasteiger partial charge in [0.1, 0.15) is 5.82 Å². The lowest BCUT2D eigenvalue weighted by Gasteiger charge is -2.30. The summed E-state index contributed by atoms with van der Waals surface area (Å²) in [6, 6.07) is 5.52. The van der Waals surface area contributed by atoms with Crippen LogP contribution in [0.4, 0.5) is 4.39 Å². The Morgan fingerprint density at radius 1 is 1.47 bits per heavy atom. The van der Waals surface area contributed by atoms with Gasteiger partial charge in [0, 0.05) is 10.5 Å². The van der Waals surface area contributed by atoms with Gasteiger partial charge in [0.2, 0.25) is 0 Å². The molecule has 2 rings (SSSR count). The summed E-state index contributed by atoms with van der Waals surface area (Å²) in [7, 11) is 0. The van der Waals surface area contributed by atoms with E-state index < -0.39 is 0 Å². The van der Waals surface area contributed by atoms with Crippen LogP contribution in [0.2, 0.25) is 0 Å². The van der Waals surface area contributed by atoms with Crippen molar-refractivity contribution in [1.29, 1.82) is 0 Å². The van der Waals surface area contributed by atoms with Crippen LogP contribution >= 0.6 is 15.9 Å². The Morgan fingerprint density at radius 3 is 3.00 bits per heavy atom. The van der Waals surface area contributed by atoms with E-state index in [0.29, 0.717) is 6.04 Å². The van der Waals surface area contributed by atoms with Crippen molar-refractivity contribution in [2.45, 2.75) is 38.6 Å². The van der Waals surface area contributed by atoms with E-state index in [9.17, 15) is 4.39 Å². The maximum Gasteiger partial charge on any atom is 0.124 e. The highest BCUT2D eigenvalue weighted by atomic mass is 79.9. The summed E-state index contributed by atoms with van der Waals surface area (Å²) in [5, 5.41) is 3.56. The first-order valence-corrected chi connectivity index (χ1v) is 7.15. The van der Waals surface area contributed by atoms with Gasteiger partial charge in [-0.3, -0.25) is 0 Å². The van der Waals surface area contributed by atoms with E-state index in [1.807, 2.05) is 6.07 Å². The number of rotatable bonds is 3. The molecule has 1 N–H and O–H groups in total. The standard InChI is InChI=1S/C14H19BrFN/c1-2-10-5-6-17-13(7-10)8-11-3-4-12(16)9-14(11)15/h3-4,9-10,13,17H,2,5-8H2,1H3. The molecule has 0 radical (unpaired) electrons. The molecule has 1 aromatic rings. The van der Waals surface area contributed by atoms with Gasteiger partial charge in [-0.25, -0.2) is 4.39 Å². The molecule has 3 heteroatoms. The Hall–Kier alpha value is -0.410. The molecule has 0 aromatic heterocycles. The molecule has 1 fully saturated rings. The van der Waals surface area contributed by atoms with Gasteiger partial charge >= 0.3 is 0 Å². The second-order valence-corrected chi connectivity index (χ2v) is 5.74. The molecule has 1 aromatic carbocycles. The maximum absolute atomic E-state index is 13.0. The summed E-state index contributed by atoms with van der Waals surface area (Å²) >= 11 is 3.44. The average Bonchev–Trinajstić information content (AvgIpc) is 2.33. The zero-order valence-corrected chi connectivity index (χ0v) is 11.8. The van der Waals surface area contributed by atoms with Crippen molar-refractivity contribution in [3.05, 3.63) is 34.1 Å². The third-order valence-electron chi connectivity index (χ3n) is 3.66. The number of benzene rings is 1. The number of hydrogen-bond donors (Lipinski definition) is 1. The predicted octanol–water partition coefficient (Wildman–Crippen LogP) is 3.91. The van der Waals surface area contributed by atoms with Crippen molar-refractivity contribution in [1.82, 2.24) is 5.32 Å². The molecule has 1 heterocycles. The molecule has 1 nitrogen and oxygen atoms in total. The van der Waals surface area contributed by atoms with Gasteiger partial charge in [-0.15, -0.1) is 0 Å². The summed E-state index contributed by atoms with van der Waals surface area (Å²) in [5.74, 6) is 0.670. The summed E-state index contributed by atoms with van der Waals surface area (Å²) in [6.45, 7) is 3.38. The van der Waals surface area contributed by atoms with Crippen LogP contribution in [0.25, 0.3) is 0 Å². The fourth-order valence-electron chi connectivity index (χ4n) is 2.57. The number of piperidine rings is 1. The van der Waals surface area contributed by atoms with Gasteiger partial charge < -0.3 is 5.32 Å². The highest BCUT2D eigenvalue weighted by Crippen LogP contribution is 2.25. The van der Waals surface area contributed by atoms with Crippen LogP contribution in [0.15, 0.2) is 22.7 Å². The van der Waals surface area contributed by atoms with E-state index in [1.165, 1.54) is 24.8 Å². The Labute approximate surface area is 111 Å². The lowest BCUT2D eigenvalue weighted by molar-refractivity contribution is 0.294. The molecule has 2 unspecified atom stereocenters. The zero-order valence-electron chi connectivity index (χ0n) is 10.2. The van der Waals surface area contributed by atoms with Crippen LogP contribution in [0, 0.1) is 11.7 Å². The second kappa shape index (κ2) is 5.96. The maximum atomic E-state index is 13.0. The molecule has 0 spiro atoms. The minimum atomic E-state index is -0.177. The predicted molar refractivity (Wildman–Crippen MR) is 72.6 cm³/mol. The van der Waals surface area contributed by atoms with Gasteiger partial charge in [-0.05, 0) is 49.4 Å². The van der Waals surface area contributed by atoms with Crippen molar-refractivity contribution in [3.63, 3.8) is 0 Å². The van der Waals surface area contributed by atoms with Crippen LogP contribution in [0.1, 0.15) is 31.7 Å². The van der Waals surface area contributed by atoms with Crippen LogP contribution in [0.3, 0.4) is 0 Å². The molecule has 1 aliphatic rings. The molecule has 94 valence electrons. The summed E-state index contributed by atoms with van der Waals surface area (Å²) in [6.07, 6.45) is 4.78. The molecule has 1 saturated heterocycles. The van der Waals surface area contributed by atoms with Crippen LogP contribution in [0.5, 0.6) is 0 Å². The van der Waals surface area contributed by atoms with Crippen LogP contribution < -0.4 is 5.32 Å². The summed E-state index contributed by atoms with van der Waals surface area (Å²) < 4.78 is 13.9. The lowest BCUT2D eigenvalue weighted by Crippen LogP contribution is -2.39. The van der Waals surface area contributed by atoms with E-state index in [2.05, 4.69) is 28.2 Å². The van der Waals surface area contributed by atoms with Gasteiger partial charge in [0.05, 0.1) is 0 Å². The number of hydrogen-bond acceptors (Lipinski definition) is 1. The molecule has 17 heavy (non-hydrogen) atoms. The highest BCUT2D eigenvalue weighted by molar-refractivity contribution is 9.10. The number of nitrogens with one attached hydrogen (secondary N) is 1. The monoisotopic (exact) mass is 299 g/mol. The average molecular weight is 300 g/mol. The van der Waals surface area contributed by atoms with E-state index >= 15 is 0 Å². The molecule has 0 aliphatic carbocycles. The topological polar surface area (TPSA) is 12.0 Å². The van der Waals surface area contributed by atoms with E-state index in [4.69, 9.17) is 0 Å². The highest BCUT2D eigenvalue weighted by Gasteiger charge is 2.20. The minimum absolute atomic E-state index is 0.177. The first-order chi connectivity index (χ1) is 8.19. The van der Waals surface area contributed by atoms with Crippen molar-refractivity contribution in [2.24, 2.45) is 5.92 Å². The minimum Gasteiger partial charge on any atom is -0.314 e. The molecule has 0 amide bonds. The fourth-order valence-corrected chi connectivity index (χ4v) is 3.09. The molecule has 2 atom stereocenters. The van der Waals surface area contributed by atoms with Gasteiger partial charge in [0.15, 0.2) is 0 Å². The lowest BCUT2D eigenvalue weighted by atomic mass is 9.88. The first kappa shape index (κ1) is 13.0. The molecule has 0 bridgehead atoms.